The van der Waals surface area contributed by atoms with Crippen molar-refractivity contribution in [3.63, 3.8) is 0 Å². The monoisotopic (exact) mass is 181 g/mol. The molecule has 0 bridgehead atoms. The van der Waals surface area contributed by atoms with Crippen LogP contribution in [0.2, 0.25) is 0 Å². The molecule has 0 aliphatic carbocycles. The fourth-order valence-electron chi connectivity index (χ4n) is 1.44. The zero-order valence-corrected chi connectivity index (χ0v) is 8.62. The van der Waals surface area contributed by atoms with E-state index < -0.39 is 0 Å². The molecular weight excluding hydrogens is 162 g/mol. The lowest BCUT2D eigenvalue weighted by Gasteiger charge is -2.29. The van der Waals surface area contributed by atoms with Gasteiger partial charge in [-0.15, -0.1) is 0 Å². The lowest BCUT2D eigenvalue weighted by atomic mass is 10.2. The van der Waals surface area contributed by atoms with E-state index in [-0.39, 0.29) is 0 Å². The highest BCUT2D eigenvalue weighted by Gasteiger charge is 2.10. The normalized spacial score (nSPS) is 19.8. The Hall–Kier alpha value is -0.760. The summed E-state index contributed by atoms with van der Waals surface area (Å²) >= 11 is 0. The highest BCUT2D eigenvalue weighted by Crippen LogP contribution is 2.09. The molecule has 0 aromatic heterocycles. The Morgan fingerprint density at radius 2 is 2.08 bits per heavy atom. The highest BCUT2D eigenvalue weighted by molar-refractivity contribution is 5.16. The number of rotatable bonds is 3. The largest absolute Gasteiger partial charge is 0.378 e. The van der Waals surface area contributed by atoms with E-state index in [9.17, 15) is 0 Å². The quantitative estimate of drug-likeness (QED) is 0.619. The number of nitrogens with zero attached hydrogens (tertiary/aromatic N) is 1. The fraction of sp³-hybridized carbons (Fsp3) is 0.636. The van der Waals surface area contributed by atoms with E-state index in [2.05, 4.69) is 37.0 Å². The molecule has 0 spiro atoms. The van der Waals surface area contributed by atoms with Gasteiger partial charge in [0.2, 0.25) is 0 Å². The van der Waals surface area contributed by atoms with Gasteiger partial charge < -0.3 is 9.64 Å². The van der Waals surface area contributed by atoms with Crippen LogP contribution < -0.4 is 0 Å². The maximum atomic E-state index is 5.31. The molecule has 74 valence electrons. The van der Waals surface area contributed by atoms with Crippen molar-refractivity contribution in [3.05, 3.63) is 23.9 Å². The lowest BCUT2D eigenvalue weighted by Crippen LogP contribution is -2.35. The van der Waals surface area contributed by atoms with Gasteiger partial charge in [0.1, 0.15) is 0 Å². The second-order valence-corrected chi connectivity index (χ2v) is 3.12. The highest BCUT2D eigenvalue weighted by atomic mass is 16.5. The third kappa shape index (κ3) is 3.23. The fourth-order valence-corrected chi connectivity index (χ4v) is 1.44. The summed E-state index contributed by atoms with van der Waals surface area (Å²) in [4.78, 5) is 2.37. The average molecular weight is 181 g/mol. The second kappa shape index (κ2) is 5.81. The summed E-state index contributed by atoms with van der Waals surface area (Å²) in [5.41, 5.74) is 1.32. The van der Waals surface area contributed by atoms with Gasteiger partial charge in [-0.1, -0.05) is 19.1 Å². The van der Waals surface area contributed by atoms with Crippen LogP contribution in [-0.2, 0) is 4.74 Å². The summed E-state index contributed by atoms with van der Waals surface area (Å²) < 4.78 is 5.31. The van der Waals surface area contributed by atoms with E-state index in [1.54, 1.807) is 0 Å². The molecule has 0 N–H and O–H groups in total. The minimum absolute atomic E-state index is 0.858. The second-order valence-electron chi connectivity index (χ2n) is 3.12. The van der Waals surface area contributed by atoms with Gasteiger partial charge in [0.05, 0.1) is 13.2 Å². The lowest BCUT2D eigenvalue weighted by molar-refractivity contribution is 0.0553. The van der Waals surface area contributed by atoms with Crippen molar-refractivity contribution in [3.8, 4) is 0 Å². The van der Waals surface area contributed by atoms with E-state index in [1.807, 2.05) is 0 Å². The molecule has 1 rings (SSSR count). The first-order valence-corrected chi connectivity index (χ1v) is 5.04. The van der Waals surface area contributed by atoms with Gasteiger partial charge in [-0.3, -0.25) is 0 Å². The van der Waals surface area contributed by atoms with Crippen molar-refractivity contribution in [1.29, 1.82) is 0 Å². The molecule has 1 heterocycles. The van der Waals surface area contributed by atoms with Crippen LogP contribution in [0.25, 0.3) is 0 Å². The molecule has 0 aromatic carbocycles. The van der Waals surface area contributed by atoms with Gasteiger partial charge in [-0.05, 0) is 19.4 Å². The molecule has 0 amide bonds. The Balaban J connectivity index is 2.50. The van der Waals surface area contributed by atoms with E-state index in [0.717, 1.165) is 32.7 Å². The van der Waals surface area contributed by atoms with Gasteiger partial charge in [-0.25, -0.2) is 0 Å². The summed E-state index contributed by atoms with van der Waals surface area (Å²) in [6.07, 6.45) is 7.66. The molecule has 13 heavy (non-hydrogen) atoms. The smallest absolute Gasteiger partial charge is 0.0642 e. The van der Waals surface area contributed by atoms with E-state index in [4.69, 9.17) is 4.74 Å². The number of ether oxygens (including phenoxy) is 1. The number of hydrogen-bond donors (Lipinski definition) is 0. The van der Waals surface area contributed by atoms with Crippen LogP contribution in [0, 0.1) is 0 Å². The Bertz CT molecular complexity index is 190. The Labute approximate surface area is 80.9 Å². The Morgan fingerprint density at radius 3 is 2.62 bits per heavy atom. The van der Waals surface area contributed by atoms with Crippen LogP contribution in [-0.4, -0.2) is 31.2 Å². The predicted molar refractivity (Wildman–Crippen MR) is 55.6 cm³/mol. The standard InChI is InChI=1S/C11H19NO/c1-3-5-6-11(4-2)12-7-9-13-10-8-12/h4-6H,3,7-10H2,1-2H3. The van der Waals surface area contributed by atoms with Crippen molar-refractivity contribution in [2.75, 3.05) is 26.3 Å². The predicted octanol–water partition coefficient (Wildman–Crippen LogP) is 2.19. The molecule has 2 heteroatoms. The molecule has 1 aliphatic rings. The zero-order chi connectivity index (χ0) is 9.52. The van der Waals surface area contributed by atoms with Crippen molar-refractivity contribution in [1.82, 2.24) is 4.90 Å². The zero-order valence-electron chi connectivity index (χ0n) is 8.62. The van der Waals surface area contributed by atoms with Crippen molar-refractivity contribution in [2.45, 2.75) is 20.3 Å². The molecule has 0 aromatic rings. The number of hydrogen-bond acceptors (Lipinski definition) is 2. The molecule has 1 aliphatic heterocycles. The molecule has 0 radical (unpaired) electrons. The number of allylic oxidation sites excluding steroid dienone is 3. The molecular formula is C11H19NO. The summed E-state index contributed by atoms with van der Waals surface area (Å²) in [5, 5.41) is 0. The Morgan fingerprint density at radius 1 is 1.38 bits per heavy atom. The van der Waals surface area contributed by atoms with Crippen LogP contribution in [0.1, 0.15) is 20.3 Å². The van der Waals surface area contributed by atoms with Gasteiger partial charge in [0, 0.05) is 18.8 Å². The number of morpholine rings is 1. The van der Waals surface area contributed by atoms with E-state index >= 15 is 0 Å². The van der Waals surface area contributed by atoms with Crippen molar-refractivity contribution in [2.24, 2.45) is 0 Å². The summed E-state index contributed by atoms with van der Waals surface area (Å²) in [6, 6.07) is 0. The van der Waals surface area contributed by atoms with Crippen LogP contribution in [0.4, 0.5) is 0 Å². The van der Waals surface area contributed by atoms with Gasteiger partial charge >= 0.3 is 0 Å². The molecule has 0 saturated carbocycles. The first-order chi connectivity index (χ1) is 6.38. The van der Waals surface area contributed by atoms with Gasteiger partial charge in [-0.2, -0.15) is 0 Å². The molecule has 0 unspecified atom stereocenters. The average Bonchev–Trinajstić information content (AvgIpc) is 2.21. The third-order valence-corrected chi connectivity index (χ3v) is 2.20. The first kappa shape index (κ1) is 10.3. The maximum absolute atomic E-state index is 5.31. The SMILES string of the molecule is CC=C(C=CCC)N1CCOCC1. The van der Waals surface area contributed by atoms with E-state index in [0.29, 0.717) is 0 Å². The summed E-state index contributed by atoms with van der Waals surface area (Å²) in [5.74, 6) is 0. The van der Waals surface area contributed by atoms with E-state index in [1.165, 1.54) is 5.70 Å². The minimum Gasteiger partial charge on any atom is -0.378 e. The minimum atomic E-state index is 0.858. The Kier molecular flexibility index (Phi) is 4.61. The van der Waals surface area contributed by atoms with Gasteiger partial charge in [0.15, 0.2) is 0 Å². The summed E-state index contributed by atoms with van der Waals surface area (Å²) in [7, 11) is 0. The van der Waals surface area contributed by atoms with Crippen LogP contribution in [0.15, 0.2) is 23.9 Å². The molecule has 2 nitrogen and oxygen atoms in total. The van der Waals surface area contributed by atoms with Crippen molar-refractivity contribution >= 4 is 0 Å². The molecule has 1 fully saturated rings. The van der Waals surface area contributed by atoms with Crippen molar-refractivity contribution < 1.29 is 4.74 Å². The van der Waals surface area contributed by atoms with Crippen LogP contribution in [0.3, 0.4) is 0 Å². The molecule has 0 atom stereocenters. The third-order valence-electron chi connectivity index (χ3n) is 2.20. The van der Waals surface area contributed by atoms with Crippen LogP contribution in [0.5, 0.6) is 0 Å². The maximum Gasteiger partial charge on any atom is 0.0642 e. The van der Waals surface area contributed by atoms with Crippen LogP contribution >= 0.6 is 0 Å². The van der Waals surface area contributed by atoms with Gasteiger partial charge in [0.25, 0.3) is 0 Å². The topological polar surface area (TPSA) is 12.5 Å². The summed E-state index contributed by atoms with van der Waals surface area (Å²) in [6.45, 7) is 8.00. The first-order valence-electron chi connectivity index (χ1n) is 5.04. The molecule has 1 saturated heterocycles.